The summed E-state index contributed by atoms with van der Waals surface area (Å²) in [6.07, 6.45) is 0. The number of halogens is 1. The second-order valence-corrected chi connectivity index (χ2v) is 1.34. The molecule has 0 saturated heterocycles. The van der Waals surface area contributed by atoms with Gasteiger partial charge >= 0.3 is 25.8 Å². The van der Waals surface area contributed by atoms with E-state index in [1.807, 2.05) is 0 Å². The van der Waals surface area contributed by atoms with Crippen LogP contribution in [0.1, 0.15) is 0 Å². The van der Waals surface area contributed by atoms with Gasteiger partial charge in [0, 0.05) is 0 Å². The van der Waals surface area contributed by atoms with Crippen molar-refractivity contribution in [3.8, 4) is 0 Å². The molecular weight excluding hydrogens is 174 g/mol. The topological polar surface area (TPSA) is 106 Å². The van der Waals surface area contributed by atoms with Crippen LogP contribution in [-0.2, 0) is 10.4 Å². The van der Waals surface area contributed by atoms with E-state index in [1.165, 1.54) is 15.4 Å². The van der Waals surface area contributed by atoms with Gasteiger partial charge in [-0.25, -0.2) is 0 Å². The van der Waals surface area contributed by atoms with Crippen LogP contribution in [-0.4, -0.2) is 38.4 Å². The summed E-state index contributed by atoms with van der Waals surface area (Å²) in [6, 6.07) is 0. The Morgan fingerprint density at radius 3 is 1.25 bits per heavy atom. The van der Waals surface area contributed by atoms with Crippen LogP contribution < -0.4 is 0 Å². The maximum absolute atomic E-state index is 8.74. The third kappa shape index (κ3) is 499. The summed E-state index contributed by atoms with van der Waals surface area (Å²) in [7, 11) is 0. The van der Waals surface area contributed by atoms with Gasteiger partial charge < -0.3 is 5.48 Å². The molecule has 0 rings (SSSR count). The van der Waals surface area contributed by atoms with Crippen LogP contribution in [0.3, 0.4) is 0 Å². The highest BCUT2D eigenvalue weighted by Gasteiger charge is 1.84. The van der Waals surface area contributed by atoms with Crippen molar-refractivity contribution in [2.45, 2.75) is 0 Å². The molecule has 1 radical (unpaired) electrons. The zero-order valence-electron chi connectivity index (χ0n) is 3.70. The van der Waals surface area contributed by atoms with Gasteiger partial charge in [-0.05, 0) is 0 Å². The molecule has 0 aliphatic rings. The predicted octanol–water partition coefficient (Wildman–Crippen LogP) is -1.44. The van der Waals surface area contributed by atoms with Crippen LogP contribution in [0.25, 0.3) is 0 Å². The lowest BCUT2D eigenvalue weighted by molar-refractivity contribution is 0.381. The zero-order valence-corrected chi connectivity index (χ0v) is 6.69. The molecule has 0 aromatic heterocycles. The Hall–Kier alpha value is 0.652. The van der Waals surface area contributed by atoms with Crippen LogP contribution in [0.15, 0.2) is 0 Å². The first-order chi connectivity index (χ1) is 3.00. The summed E-state index contributed by atoms with van der Waals surface area (Å²) in [5, 5.41) is 0. The van der Waals surface area contributed by atoms with E-state index in [9.17, 15) is 0 Å². The molecule has 0 aliphatic carbocycles. The Labute approximate surface area is 59.2 Å². The third-order valence-corrected chi connectivity index (χ3v) is 0. The summed E-state index contributed by atoms with van der Waals surface area (Å²) in [5.41, 5.74) is 0. The highest BCUT2D eigenvalue weighted by atomic mass is 35.6. The molecule has 8 heavy (non-hydrogen) atoms. The number of rotatable bonds is 0. The maximum Gasteiger partial charge on any atom is 0.394 e. The first-order valence-corrected chi connectivity index (χ1v) is 4.50. The Morgan fingerprint density at radius 2 is 1.25 bits per heavy atom. The highest BCUT2D eigenvalue weighted by Crippen LogP contribution is 1.59. The fraction of sp³-hybridized carbons (Fsp3) is 0. The van der Waals surface area contributed by atoms with E-state index in [4.69, 9.17) is 17.5 Å². The normalized spacial score (nSPS) is 7.88. The lowest BCUT2D eigenvalue weighted by Gasteiger charge is -1.68. The fourth-order valence-electron chi connectivity index (χ4n) is 0. The lowest BCUT2D eigenvalue weighted by atomic mass is 15.8. The van der Waals surface area contributed by atoms with Crippen molar-refractivity contribution in [3.05, 3.63) is 0 Å². The summed E-state index contributed by atoms with van der Waals surface area (Å²) >= 11 is 1.33. The predicted molar refractivity (Wildman–Crippen MR) is 30.8 cm³/mol. The number of hydrogen-bond donors (Lipinski definition) is 2. The summed E-state index contributed by atoms with van der Waals surface area (Å²) < 4.78 is 31.6. The maximum atomic E-state index is 8.74. The highest BCUT2D eigenvalue weighted by molar-refractivity contribution is 7.79. The SMILES string of the molecule is O.O=S(=O)(O)O.[AlH][Cl]. The third-order valence-electron chi connectivity index (χ3n) is 0. The van der Waals surface area contributed by atoms with Crippen molar-refractivity contribution >= 4 is 35.8 Å². The first-order valence-electron chi connectivity index (χ1n) is 0.966. The molecule has 0 bridgehead atoms. The number of hydrogen-bond acceptors (Lipinski definition) is 2. The van der Waals surface area contributed by atoms with Gasteiger partial charge in [-0.3, -0.25) is 19.2 Å². The summed E-state index contributed by atoms with van der Waals surface area (Å²) in [6.45, 7) is 0. The molecule has 8 heteroatoms. The van der Waals surface area contributed by atoms with Crippen molar-refractivity contribution < 1.29 is 23.0 Å². The molecule has 0 aromatic carbocycles. The smallest absolute Gasteiger partial charge is 0.394 e. The molecule has 0 aliphatic heterocycles. The van der Waals surface area contributed by atoms with Crippen molar-refractivity contribution in [2.75, 3.05) is 0 Å². The molecule has 0 spiro atoms. The Balaban J connectivity index is -0.0000000750. The van der Waals surface area contributed by atoms with Crippen LogP contribution in [0.5, 0.6) is 0 Å². The quantitative estimate of drug-likeness (QED) is 0.351. The van der Waals surface area contributed by atoms with E-state index in [0.29, 0.717) is 0 Å². The minimum Gasteiger partial charge on any atom is -0.412 e. The van der Waals surface area contributed by atoms with Gasteiger partial charge in [-0.1, -0.05) is 0 Å². The average Bonchev–Trinajstić information content (AvgIpc) is 1.36. The van der Waals surface area contributed by atoms with Crippen LogP contribution in [0.2, 0.25) is 0 Å². The molecule has 4 N–H and O–H groups in total. The average molecular weight is 180 g/mol. The van der Waals surface area contributed by atoms with Crippen molar-refractivity contribution in [2.24, 2.45) is 0 Å². The summed E-state index contributed by atoms with van der Waals surface area (Å²) in [4.78, 5) is 0. The van der Waals surface area contributed by atoms with E-state index in [1.54, 1.807) is 0 Å². The zero-order chi connectivity index (χ0) is 6.50. The molecular formula is H5AlClO5S. The van der Waals surface area contributed by atoms with Gasteiger partial charge in [0.1, 0.15) is 0 Å². The van der Waals surface area contributed by atoms with E-state index < -0.39 is 10.4 Å². The van der Waals surface area contributed by atoms with Crippen molar-refractivity contribution in [1.82, 2.24) is 0 Å². The van der Waals surface area contributed by atoms with Gasteiger partial charge in [0.25, 0.3) is 0 Å². The Morgan fingerprint density at radius 1 is 1.25 bits per heavy atom. The molecule has 0 fully saturated rings. The van der Waals surface area contributed by atoms with E-state index in [0.717, 1.165) is 0 Å². The molecule has 0 saturated carbocycles. The molecule has 0 atom stereocenters. The molecule has 0 amide bonds. The molecule has 51 valence electrons. The monoisotopic (exact) mass is 179 g/mol. The second kappa shape index (κ2) is 7.65. The fourth-order valence-corrected chi connectivity index (χ4v) is 0. The largest absolute Gasteiger partial charge is 0.412 e. The van der Waals surface area contributed by atoms with Crippen molar-refractivity contribution in [1.29, 1.82) is 0 Å². The van der Waals surface area contributed by atoms with Gasteiger partial charge in [0.2, 0.25) is 0 Å². The minimum absolute atomic E-state index is 0. The Bertz CT molecular complexity index is 95.6. The van der Waals surface area contributed by atoms with Crippen LogP contribution in [0, 0.1) is 0 Å². The molecule has 5 nitrogen and oxygen atoms in total. The van der Waals surface area contributed by atoms with Gasteiger partial charge in [-0.2, -0.15) is 8.42 Å². The molecule has 0 heterocycles. The molecule has 0 unspecified atom stereocenters. The van der Waals surface area contributed by atoms with E-state index >= 15 is 0 Å². The van der Waals surface area contributed by atoms with Gasteiger partial charge in [-0.15, -0.1) is 0 Å². The van der Waals surface area contributed by atoms with Crippen molar-refractivity contribution in [3.63, 3.8) is 0 Å². The summed E-state index contributed by atoms with van der Waals surface area (Å²) in [5.74, 6) is 0. The lowest BCUT2D eigenvalue weighted by Crippen LogP contribution is -1.89. The Kier molecular flexibility index (Phi) is 15.2. The standard InChI is InChI=1S/Al.ClH.H2O4S.H2O.H/c;;1-5(2,3)4;;/h;1H;(H2,1,2,3,4);1H2;/q+1;;;;/p-1. The second-order valence-electron chi connectivity index (χ2n) is 0.448. The van der Waals surface area contributed by atoms with Gasteiger partial charge in [0.05, 0.1) is 0 Å². The van der Waals surface area contributed by atoms with E-state index in [2.05, 4.69) is 10.0 Å². The first kappa shape index (κ1) is 15.9. The van der Waals surface area contributed by atoms with Gasteiger partial charge in [0.15, 0.2) is 0 Å². The van der Waals surface area contributed by atoms with Crippen LogP contribution >= 0.6 is 10.0 Å². The van der Waals surface area contributed by atoms with Crippen LogP contribution in [0.4, 0.5) is 0 Å². The minimum atomic E-state index is -4.67. The van der Waals surface area contributed by atoms with E-state index in [-0.39, 0.29) is 5.48 Å². The molecule has 0 aromatic rings.